The quantitative estimate of drug-likeness (QED) is 0.768. The van der Waals surface area contributed by atoms with E-state index in [0.717, 1.165) is 12.5 Å². The van der Waals surface area contributed by atoms with Gasteiger partial charge in [-0.15, -0.1) is 0 Å². The number of halogens is 2. The second kappa shape index (κ2) is 3.60. The van der Waals surface area contributed by atoms with Gasteiger partial charge in [-0.05, 0) is 25.5 Å². The van der Waals surface area contributed by atoms with Gasteiger partial charge in [-0.1, -0.05) is 11.8 Å². The highest BCUT2D eigenvalue weighted by Gasteiger charge is 2.55. The first kappa shape index (κ1) is 11.8. The number of fused-ring (bicyclic) bond motifs is 1. The van der Waals surface area contributed by atoms with E-state index < -0.39 is 17.2 Å². The SMILES string of the molecule is C[C@]1(c2cc(N)cc(F)c2F)N=C(N)SC2CC21. The number of hydrogen-bond acceptors (Lipinski definition) is 4. The van der Waals surface area contributed by atoms with Crippen molar-refractivity contribution in [2.24, 2.45) is 16.6 Å². The van der Waals surface area contributed by atoms with Crippen molar-refractivity contribution in [2.75, 3.05) is 5.73 Å². The molecule has 18 heavy (non-hydrogen) atoms. The van der Waals surface area contributed by atoms with Crippen molar-refractivity contribution in [3.05, 3.63) is 29.3 Å². The largest absolute Gasteiger partial charge is 0.399 e. The van der Waals surface area contributed by atoms with E-state index in [9.17, 15) is 8.78 Å². The molecule has 2 unspecified atom stereocenters. The third kappa shape index (κ3) is 1.59. The number of nitrogen functional groups attached to an aromatic ring is 1. The van der Waals surface area contributed by atoms with Gasteiger partial charge in [0.1, 0.15) is 0 Å². The first-order valence-electron chi connectivity index (χ1n) is 5.69. The second-order valence-corrected chi connectivity index (χ2v) is 6.22. The molecule has 3 nitrogen and oxygen atoms in total. The normalized spacial score (nSPS) is 33.8. The summed E-state index contributed by atoms with van der Waals surface area (Å²) in [6.07, 6.45) is 0.918. The average molecular weight is 269 g/mol. The molecule has 3 rings (SSSR count). The van der Waals surface area contributed by atoms with Crippen LogP contribution in [0.15, 0.2) is 17.1 Å². The number of rotatable bonds is 1. The van der Waals surface area contributed by atoms with E-state index >= 15 is 0 Å². The molecule has 0 spiro atoms. The predicted octanol–water partition coefficient (Wildman–Crippen LogP) is 2.21. The van der Waals surface area contributed by atoms with Crippen LogP contribution in [0.4, 0.5) is 14.5 Å². The Morgan fingerprint density at radius 2 is 2.11 bits per heavy atom. The zero-order chi connectivity index (χ0) is 13.1. The van der Waals surface area contributed by atoms with E-state index in [1.807, 2.05) is 0 Å². The zero-order valence-corrected chi connectivity index (χ0v) is 10.6. The Labute approximate surface area is 108 Å². The summed E-state index contributed by atoms with van der Waals surface area (Å²) in [7, 11) is 0. The van der Waals surface area contributed by atoms with Gasteiger partial charge in [0.2, 0.25) is 0 Å². The Hall–Kier alpha value is -1.30. The number of thioether (sulfide) groups is 1. The van der Waals surface area contributed by atoms with Crippen LogP contribution in [-0.4, -0.2) is 10.4 Å². The van der Waals surface area contributed by atoms with Crippen molar-refractivity contribution < 1.29 is 8.78 Å². The standard InChI is InChI=1S/C12H13F2N3S/c1-12(6-4-9(6)18-11(16)17-12)7-2-5(15)3-8(13)10(7)14/h2-3,6,9H,4,15H2,1H3,(H2,16,17)/t6?,9?,12-/m0/s1. The van der Waals surface area contributed by atoms with Crippen molar-refractivity contribution in [1.29, 1.82) is 0 Å². The Kier molecular flexibility index (Phi) is 2.35. The molecular formula is C12H13F2N3S. The highest BCUT2D eigenvalue weighted by atomic mass is 32.2. The monoisotopic (exact) mass is 269 g/mol. The number of nitrogens with two attached hydrogens (primary N) is 2. The molecule has 0 radical (unpaired) electrons. The Morgan fingerprint density at radius 1 is 1.39 bits per heavy atom. The van der Waals surface area contributed by atoms with Crippen LogP contribution in [0.5, 0.6) is 0 Å². The Balaban J connectivity index is 2.17. The number of nitrogens with zero attached hydrogens (tertiary/aromatic N) is 1. The molecule has 1 heterocycles. The first-order valence-corrected chi connectivity index (χ1v) is 6.57. The van der Waals surface area contributed by atoms with E-state index in [1.54, 1.807) is 6.92 Å². The molecule has 6 heteroatoms. The molecule has 1 aromatic rings. The Bertz CT molecular complexity index is 560. The molecule has 3 atom stereocenters. The van der Waals surface area contributed by atoms with Gasteiger partial charge in [-0.3, -0.25) is 4.99 Å². The van der Waals surface area contributed by atoms with Crippen LogP contribution in [0.2, 0.25) is 0 Å². The summed E-state index contributed by atoms with van der Waals surface area (Å²) >= 11 is 1.51. The molecule has 1 aromatic carbocycles. The molecule has 0 bridgehead atoms. The van der Waals surface area contributed by atoms with Gasteiger partial charge in [-0.2, -0.15) is 0 Å². The second-order valence-electron chi connectivity index (χ2n) is 4.96. The molecule has 2 aliphatic rings. The predicted molar refractivity (Wildman–Crippen MR) is 69.2 cm³/mol. The van der Waals surface area contributed by atoms with Crippen LogP contribution < -0.4 is 11.5 Å². The minimum Gasteiger partial charge on any atom is -0.399 e. The smallest absolute Gasteiger partial charge is 0.164 e. The van der Waals surface area contributed by atoms with Crippen molar-refractivity contribution in [3.8, 4) is 0 Å². The summed E-state index contributed by atoms with van der Waals surface area (Å²) in [5.74, 6) is -1.61. The average Bonchev–Trinajstić information content (AvgIpc) is 3.02. The molecule has 0 amide bonds. The van der Waals surface area contributed by atoms with E-state index in [1.165, 1.54) is 17.8 Å². The van der Waals surface area contributed by atoms with Crippen molar-refractivity contribution in [1.82, 2.24) is 0 Å². The molecule has 0 aromatic heterocycles. The summed E-state index contributed by atoms with van der Waals surface area (Å²) in [5.41, 5.74) is 11.0. The Morgan fingerprint density at radius 3 is 2.83 bits per heavy atom. The van der Waals surface area contributed by atoms with Gasteiger partial charge < -0.3 is 11.5 Å². The van der Waals surface area contributed by atoms with Gasteiger partial charge in [0.25, 0.3) is 0 Å². The van der Waals surface area contributed by atoms with Crippen LogP contribution in [0.1, 0.15) is 18.9 Å². The number of aliphatic imine (C=N–C) groups is 1. The maximum atomic E-state index is 14.0. The van der Waals surface area contributed by atoms with Crippen molar-refractivity contribution in [2.45, 2.75) is 24.1 Å². The van der Waals surface area contributed by atoms with Gasteiger partial charge in [0.15, 0.2) is 16.8 Å². The first-order chi connectivity index (χ1) is 8.41. The molecule has 0 saturated heterocycles. The van der Waals surface area contributed by atoms with E-state index in [-0.39, 0.29) is 17.2 Å². The topological polar surface area (TPSA) is 64.4 Å². The molecule has 1 aliphatic heterocycles. The minimum atomic E-state index is -0.935. The van der Waals surface area contributed by atoms with E-state index in [0.29, 0.717) is 10.4 Å². The summed E-state index contributed by atoms with van der Waals surface area (Å²) in [6, 6.07) is 2.44. The summed E-state index contributed by atoms with van der Waals surface area (Å²) in [5, 5.41) is 0.787. The lowest BCUT2D eigenvalue weighted by atomic mass is 9.86. The van der Waals surface area contributed by atoms with Crippen LogP contribution in [0.25, 0.3) is 0 Å². The lowest BCUT2D eigenvalue weighted by Crippen LogP contribution is -2.32. The summed E-state index contributed by atoms with van der Waals surface area (Å²) < 4.78 is 27.4. The molecule has 1 fully saturated rings. The fraction of sp³-hybridized carbons (Fsp3) is 0.417. The minimum absolute atomic E-state index is 0.200. The van der Waals surface area contributed by atoms with Crippen molar-refractivity contribution >= 4 is 22.6 Å². The number of amidine groups is 1. The van der Waals surface area contributed by atoms with Crippen LogP contribution in [0, 0.1) is 17.6 Å². The summed E-state index contributed by atoms with van der Waals surface area (Å²) in [4.78, 5) is 4.35. The fourth-order valence-electron chi connectivity index (χ4n) is 2.62. The molecule has 96 valence electrons. The number of hydrogen-bond donors (Lipinski definition) is 2. The van der Waals surface area contributed by atoms with Gasteiger partial charge in [-0.25, -0.2) is 8.78 Å². The molecule has 1 aliphatic carbocycles. The van der Waals surface area contributed by atoms with Crippen LogP contribution in [-0.2, 0) is 5.54 Å². The van der Waals surface area contributed by atoms with Gasteiger partial charge in [0.05, 0.1) is 5.54 Å². The zero-order valence-electron chi connectivity index (χ0n) is 9.78. The van der Waals surface area contributed by atoms with Crippen molar-refractivity contribution in [3.63, 3.8) is 0 Å². The molecule has 1 saturated carbocycles. The summed E-state index contributed by atoms with van der Waals surface area (Å²) in [6.45, 7) is 1.79. The third-order valence-corrected chi connectivity index (χ3v) is 4.82. The highest BCUT2D eigenvalue weighted by Crippen LogP contribution is 2.57. The maximum absolute atomic E-state index is 14.0. The molecular weight excluding hydrogens is 256 g/mol. The maximum Gasteiger partial charge on any atom is 0.164 e. The lowest BCUT2D eigenvalue weighted by molar-refractivity contribution is 0.393. The van der Waals surface area contributed by atoms with Crippen LogP contribution >= 0.6 is 11.8 Å². The van der Waals surface area contributed by atoms with Crippen LogP contribution in [0.3, 0.4) is 0 Å². The van der Waals surface area contributed by atoms with Gasteiger partial charge >= 0.3 is 0 Å². The highest BCUT2D eigenvalue weighted by molar-refractivity contribution is 8.14. The lowest BCUT2D eigenvalue weighted by Gasteiger charge is -2.30. The number of benzene rings is 1. The number of anilines is 1. The van der Waals surface area contributed by atoms with E-state index in [4.69, 9.17) is 11.5 Å². The third-order valence-electron chi connectivity index (χ3n) is 3.66. The van der Waals surface area contributed by atoms with Gasteiger partial charge in [0, 0.05) is 22.4 Å². The van der Waals surface area contributed by atoms with E-state index in [2.05, 4.69) is 4.99 Å². The molecule has 4 N–H and O–H groups in total. The fourth-order valence-corrected chi connectivity index (χ4v) is 3.91.